The second kappa shape index (κ2) is 6.04. The molecule has 3 aromatic rings. The van der Waals surface area contributed by atoms with Crippen LogP contribution in [0.3, 0.4) is 0 Å². The molecule has 0 spiro atoms. The number of aromatic nitrogens is 2. The molecule has 0 bridgehead atoms. The van der Waals surface area contributed by atoms with Crippen LogP contribution in [0.5, 0.6) is 0 Å². The summed E-state index contributed by atoms with van der Waals surface area (Å²) >= 11 is 0. The lowest BCUT2D eigenvalue weighted by Gasteiger charge is -2.19. The fourth-order valence-electron chi connectivity index (χ4n) is 2.79. The monoisotopic (exact) mass is 316 g/mol. The van der Waals surface area contributed by atoms with Crippen molar-refractivity contribution in [3.8, 4) is 11.3 Å². The number of imidazole rings is 1. The molecule has 5 heteroatoms. The predicted octanol–water partition coefficient (Wildman–Crippen LogP) is 3.16. The zero-order valence-corrected chi connectivity index (χ0v) is 12.9. The van der Waals surface area contributed by atoms with Gasteiger partial charge in [-0.3, -0.25) is 4.79 Å². The number of amides is 1. The third-order valence-electron chi connectivity index (χ3n) is 4.07. The molecule has 2 heterocycles. The average molecular weight is 316 g/mol. The van der Waals surface area contributed by atoms with Crippen molar-refractivity contribution in [1.82, 2.24) is 15.3 Å². The average Bonchev–Trinajstić information content (AvgIpc) is 3.16. The zero-order chi connectivity index (χ0) is 16.4. The van der Waals surface area contributed by atoms with Crippen molar-refractivity contribution in [1.29, 1.82) is 0 Å². The summed E-state index contributed by atoms with van der Waals surface area (Å²) < 4.78 is 0. The molecular weight excluding hydrogens is 300 g/mol. The van der Waals surface area contributed by atoms with Crippen LogP contribution in [-0.4, -0.2) is 15.9 Å². The molecule has 0 fully saturated rings. The van der Waals surface area contributed by atoms with Gasteiger partial charge in [-0.1, -0.05) is 36.4 Å². The van der Waals surface area contributed by atoms with Crippen molar-refractivity contribution in [3.05, 3.63) is 78.4 Å². The molecule has 1 aromatic heterocycles. The number of carbonyl (C=O) groups excluding carboxylic acids is 1. The summed E-state index contributed by atoms with van der Waals surface area (Å²) in [6.45, 7) is 0.575. The van der Waals surface area contributed by atoms with Crippen LogP contribution in [0.1, 0.15) is 11.1 Å². The SMILES string of the molecule is O=C1NCc2ccccc2C1=CNc1ccc(-c2cnc[nH]2)cc1. The summed E-state index contributed by atoms with van der Waals surface area (Å²) in [5.41, 5.74) is 5.70. The maximum absolute atomic E-state index is 12.2. The van der Waals surface area contributed by atoms with Gasteiger partial charge in [0.05, 0.1) is 23.8 Å². The summed E-state index contributed by atoms with van der Waals surface area (Å²) in [6, 6.07) is 15.9. The minimum Gasteiger partial charge on any atom is -0.361 e. The molecule has 1 aliphatic rings. The predicted molar refractivity (Wildman–Crippen MR) is 93.9 cm³/mol. The number of H-pyrrole nitrogens is 1. The molecule has 2 aromatic carbocycles. The van der Waals surface area contributed by atoms with Gasteiger partial charge in [0.25, 0.3) is 5.91 Å². The Morgan fingerprint density at radius 3 is 2.71 bits per heavy atom. The molecule has 0 radical (unpaired) electrons. The van der Waals surface area contributed by atoms with Crippen LogP contribution in [0.15, 0.2) is 67.3 Å². The van der Waals surface area contributed by atoms with E-state index < -0.39 is 0 Å². The number of anilines is 1. The fraction of sp³-hybridized carbons (Fsp3) is 0.0526. The first-order chi connectivity index (χ1) is 11.8. The number of aromatic amines is 1. The molecular formula is C19H16N4O. The highest BCUT2D eigenvalue weighted by Crippen LogP contribution is 2.24. The van der Waals surface area contributed by atoms with Crippen LogP contribution in [0.25, 0.3) is 16.8 Å². The standard InChI is InChI=1S/C19H16N4O/c24-19-17(16-4-2-1-3-14(16)9-22-19)10-21-15-7-5-13(6-8-15)18-11-20-12-23-18/h1-8,10-12,21H,9H2,(H,20,23)(H,22,24). The van der Waals surface area contributed by atoms with Gasteiger partial charge in [-0.15, -0.1) is 0 Å². The van der Waals surface area contributed by atoms with Gasteiger partial charge >= 0.3 is 0 Å². The smallest absolute Gasteiger partial charge is 0.253 e. The van der Waals surface area contributed by atoms with Crippen molar-refractivity contribution < 1.29 is 4.79 Å². The molecule has 1 amide bonds. The maximum atomic E-state index is 12.2. The van der Waals surface area contributed by atoms with Gasteiger partial charge < -0.3 is 15.6 Å². The molecule has 0 saturated carbocycles. The molecule has 118 valence electrons. The van der Waals surface area contributed by atoms with E-state index in [0.29, 0.717) is 12.1 Å². The van der Waals surface area contributed by atoms with E-state index in [1.54, 1.807) is 18.7 Å². The van der Waals surface area contributed by atoms with Crippen molar-refractivity contribution >= 4 is 17.2 Å². The number of hydrogen-bond acceptors (Lipinski definition) is 3. The lowest BCUT2D eigenvalue weighted by atomic mass is 9.96. The lowest BCUT2D eigenvalue weighted by Crippen LogP contribution is -2.29. The Hall–Kier alpha value is -3.34. The Balaban J connectivity index is 1.58. The fourth-order valence-corrected chi connectivity index (χ4v) is 2.79. The third-order valence-corrected chi connectivity index (χ3v) is 4.07. The second-order valence-corrected chi connectivity index (χ2v) is 5.58. The third kappa shape index (κ3) is 2.67. The van der Waals surface area contributed by atoms with E-state index in [0.717, 1.165) is 28.1 Å². The van der Waals surface area contributed by atoms with Crippen molar-refractivity contribution in [2.24, 2.45) is 0 Å². The number of fused-ring (bicyclic) bond motifs is 1. The first-order valence-electron chi connectivity index (χ1n) is 7.73. The summed E-state index contributed by atoms with van der Waals surface area (Å²) in [5.74, 6) is -0.0599. The van der Waals surface area contributed by atoms with Gasteiger partial charge in [-0.2, -0.15) is 0 Å². The Labute approximate surface area is 139 Å². The highest BCUT2D eigenvalue weighted by molar-refractivity contribution is 6.21. The Bertz CT molecular complexity index is 895. The van der Waals surface area contributed by atoms with E-state index in [2.05, 4.69) is 20.6 Å². The van der Waals surface area contributed by atoms with Gasteiger partial charge in [0.1, 0.15) is 0 Å². The van der Waals surface area contributed by atoms with E-state index >= 15 is 0 Å². The van der Waals surface area contributed by atoms with E-state index in [1.165, 1.54) is 0 Å². The lowest BCUT2D eigenvalue weighted by molar-refractivity contribution is -0.116. The van der Waals surface area contributed by atoms with E-state index in [4.69, 9.17) is 0 Å². The van der Waals surface area contributed by atoms with Gasteiger partial charge in [0.2, 0.25) is 0 Å². The van der Waals surface area contributed by atoms with Crippen molar-refractivity contribution in [2.45, 2.75) is 6.54 Å². The molecule has 0 unspecified atom stereocenters. The van der Waals surface area contributed by atoms with Crippen LogP contribution >= 0.6 is 0 Å². The van der Waals surface area contributed by atoms with Crippen molar-refractivity contribution in [2.75, 3.05) is 5.32 Å². The number of hydrogen-bond donors (Lipinski definition) is 3. The molecule has 1 aliphatic heterocycles. The second-order valence-electron chi connectivity index (χ2n) is 5.58. The van der Waals surface area contributed by atoms with E-state index in [9.17, 15) is 4.79 Å². The van der Waals surface area contributed by atoms with Crippen molar-refractivity contribution in [3.63, 3.8) is 0 Å². The summed E-state index contributed by atoms with van der Waals surface area (Å²) in [6.07, 6.45) is 5.21. The largest absolute Gasteiger partial charge is 0.361 e. The van der Waals surface area contributed by atoms with E-state index in [-0.39, 0.29) is 5.91 Å². The van der Waals surface area contributed by atoms with Crippen LogP contribution in [-0.2, 0) is 11.3 Å². The molecule has 5 nitrogen and oxygen atoms in total. The van der Waals surface area contributed by atoms with E-state index in [1.807, 2.05) is 48.5 Å². The van der Waals surface area contributed by atoms with Gasteiger partial charge in [0.15, 0.2) is 0 Å². The molecule has 3 N–H and O–H groups in total. The highest BCUT2D eigenvalue weighted by atomic mass is 16.1. The van der Waals surface area contributed by atoms with Crippen LogP contribution in [0.2, 0.25) is 0 Å². The first-order valence-corrected chi connectivity index (χ1v) is 7.73. The quantitative estimate of drug-likeness (QED) is 0.650. The van der Waals surface area contributed by atoms with Gasteiger partial charge in [-0.25, -0.2) is 4.98 Å². The Kier molecular flexibility index (Phi) is 3.59. The Morgan fingerprint density at radius 2 is 1.92 bits per heavy atom. The summed E-state index contributed by atoms with van der Waals surface area (Å²) in [7, 11) is 0. The highest BCUT2D eigenvalue weighted by Gasteiger charge is 2.20. The Morgan fingerprint density at radius 1 is 1.08 bits per heavy atom. The normalized spacial score (nSPS) is 15.0. The van der Waals surface area contributed by atoms with Gasteiger partial charge in [-0.05, 0) is 28.8 Å². The number of rotatable bonds is 3. The van der Waals surface area contributed by atoms with Crippen LogP contribution in [0, 0.1) is 0 Å². The van der Waals surface area contributed by atoms with Gasteiger partial charge in [0, 0.05) is 18.4 Å². The number of nitrogens with one attached hydrogen (secondary N) is 3. The minimum absolute atomic E-state index is 0.0599. The number of nitrogens with zero attached hydrogens (tertiary/aromatic N) is 1. The molecule has 0 atom stereocenters. The minimum atomic E-state index is -0.0599. The molecule has 24 heavy (non-hydrogen) atoms. The molecule has 0 aliphatic carbocycles. The summed E-state index contributed by atoms with van der Waals surface area (Å²) in [5, 5.41) is 6.10. The van der Waals surface area contributed by atoms with Crippen LogP contribution < -0.4 is 10.6 Å². The molecule has 0 saturated heterocycles. The number of carbonyl (C=O) groups is 1. The first kappa shape index (κ1) is 14.3. The molecule has 4 rings (SSSR count). The topological polar surface area (TPSA) is 69.8 Å². The maximum Gasteiger partial charge on any atom is 0.253 e. The summed E-state index contributed by atoms with van der Waals surface area (Å²) in [4.78, 5) is 19.3. The van der Waals surface area contributed by atoms with Crippen LogP contribution in [0.4, 0.5) is 5.69 Å². The number of benzene rings is 2. The zero-order valence-electron chi connectivity index (χ0n) is 12.9.